The summed E-state index contributed by atoms with van der Waals surface area (Å²) in [7, 11) is 3.92. The summed E-state index contributed by atoms with van der Waals surface area (Å²) in [6.45, 7) is 7.62. The summed E-state index contributed by atoms with van der Waals surface area (Å²) >= 11 is 0. The van der Waals surface area contributed by atoms with Crippen molar-refractivity contribution >= 4 is 0 Å². The third-order valence-electron chi connectivity index (χ3n) is 5.27. The molecule has 0 saturated carbocycles. The van der Waals surface area contributed by atoms with Crippen molar-refractivity contribution in [2.75, 3.05) is 40.3 Å². The summed E-state index contributed by atoms with van der Waals surface area (Å²) in [4.78, 5) is 5.03. The predicted octanol–water partition coefficient (Wildman–Crippen LogP) is 3.98. The van der Waals surface area contributed by atoms with Crippen LogP contribution in [0.5, 0.6) is 5.75 Å². The van der Waals surface area contributed by atoms with Crippen molar-refractivity contribution in [1.29, 1.82) is 0 Å². The topological polar surface area (TPSA) is 28.9 Å². The molecule has 0 aliphatic carbocycles. The van der Waals surface area contributed by atoms with E-state index in [4.69, 9.17) is 9.15 Å². The molecule has 2 aromatic rings. The molecule has 1 aromatic heterocycles. The van der Waals surface area contributed by atoms with E-state index in [0.717, 1.165) is 49.2 Å². The van der Waals surface area contributed by atoms with Crippen LogP contribution < -0.4 is 4.74 Å². The van der Waals surface area contributed by atoms with E-state index < -0.39 is 0 Å². The molecule has 1 fully saturated rings. The van der Waals surface area contributed by atoms with Crippen molar-refractivity contribution in [3.05, 3.63) is 53.5 Å². The van der Waals surface area contributed by atoms with Crippen molar-refractivity contribution in [3.8, 4) is 5.75 Å². The van der Waals surface area contributed by atoms with Crippen LogP contribution in [-0.4, -0.2) is 50.1 Å². The molecular formula is C22H32N2O2. The van der Waals surface area contributed by atoms with Crippen LogP contribution >= 0.6 is 0 Å². The minimum Gasteiger partial charge on any atom is -0.497 e. The number of methoxy groups -OCH3 is 1. The molecule has 26 heavy (non-hydrogen) atoms. The smallest absolute Gasteiger partial charge is 0.118 e. The highest BCUT2D eigenvalue weighted by Gasteiger charge is 2.21. The Morgan fingerprint density at radius 3 is 2.69 bits per heavy atom. The zero-order valence-electron chi connectivity index (χ0n) is 16.4. The average molecular weight is 357 g/mol. The van der Waals surface area contributed by atoms with Crippen LogP contribution in [0, 0.1) is 12.8 Å². The van der Waals surface area contributed by atoms with Crippen LogP contribution in [0.1, 0.15) is 29.9 Å². The van der Waals surface area contributed by atoms with Crippen molar-refractivity contribution in [1.82, 2.24) is 9.80 Å². The molecule has 142 valence electrons. The van der Waals surface area contributed by atoms with E-state index in [1.807, 2.05) is 13.0 Å². The largest absolute Gasteiger partial charge is 0.497 e. The fraction of sp³-hybridized carbons (Fsp3) is 0.545. The zero-order chi connectivity index (χ0) is 18.4. The van der Waals surface area contributed by atoms with Gasteiger partial charge < -0.3 is 14.1 Å². The first kappa shape index (κ1) is 19.0. The first-order valence-corrected chi connectivity index (χ1v) is 9.71. The van der Waals surface area contributed by atoms with Gasteiger partial charge in [-0.15, -0.1) is 0 Å². The van der Waals surface area contributed by atoms with Gasteiger partial charge in [-0.3, -0.25) is 4.90 Å². The summed E-state index contributed by atoms with van der Waals surface area (Å²) in [5, 5.41) is 0. The van der Waals surface area contributed by atoms with Crippen molar-refractivity contribution < 1.29 is 9.15 Å². The van der Waals surface area contributed by atoms with E-state index in [9.17, 15) is 0 Å². The lowest BCUT2D eigenvalue weighted by Crippen LogP contribution is -2.40. The number of likely N-dealkylation sites (tertiary alicyclic amines) is 1. The monoisotopic (exact) mass is 356 g/mol. The molecule has 1 aromatic carbocycles. The number of furan rings is 1. The molecule has 0 amide bonds. The number of hydrogen-bond donors (Lipinski definition) is 0. The number of hydrogen-bond acceptors (Lipinski definition) is 4. The molecule has 0 N–H and O–H groups in total. The Kier molecular flexibility index (Phi) is 6.75. The molecule has 4 heteroatoms. The second-order valence-corrected chi connectivity index (χ2v) is 7.62. The molecule has 4 nitrogen and oxygen atoms in total. The third kappa shape index (κ3) is 5.61. The summed E-state index contributed by atoms with van der Waals surface area (Å²) in [5.74, 6) is 3.75. The highest BCUT2D eigenvalue weighted by atomic mass is 16.5. The van der Waals surface area contributed by atoms with Crippen LogP contribution in [0.25, 0.3) is 0 Å². The Labute approximate surface area is 157 Å². The normalized spacial score (nSPS) is 18.4. The minimum absolute atomic E-state index is 0.751. The van der Waals surface area contributed by atoms with Crippen LogP contribution in [0.2, 0.25) is 0 Å². The number of aryl methyl sites for hydroxylation is 1. The highest BCUT2D eigenvalue weighted by Crippen LogP contribution is 2.19. The summed E-state index contributed by atoms with van der Waals surface area (Å²) < 4.78 is 10.9. The van der Waals surface area contributed by atoms with E-state index in [0.29, 0.717) is 0 Å². The van der Waals surface area contributed by atoms with Gasteiger partial charge in [0.25, 0.3) is 0 Å². The van der Waals surface area contributed by atoms with Gasteiger partial charge in [0.2, 0.25) is 0 Å². The van der Waals surface area contributed by atoms with Crippen LogP contribution in [-0.2, 0) is 13.0 Å². The van der Waals surface area contributed by atoms with Gasteiger partial charge in [-0.25, -0.2) is 0 Å². The maximum Gasteiger partial charge on any atom is 0.118 e. The Hall–Kier alpha value is -1.78. The first-order chi connectivity index (χ1) is 12.6. The van der Waals surface area contributed by atoms with Gasteiger partial charge in [0.1, 0.15) is 17.3 Å². The van der Waals surface area contributed by atoms with Crippen molar-refractivity contribution in [2.45, 2.75) is 32.7 Å². The second-order valence-electron chi connectivity index (χ2n) is 7.62. The van der Waals surface area contributed by atoms with Crippen molar-refractivity contribution in [2.24, 2.45) is 5.92 Å². The van der Waals surface area contributed by atoms with Gasteiger partial charge in [-0.05, 0) is 75.5 Å². The molecule has 0 spiro atoms. The number of ether oxygens (including phenoxy) is 1. The lowest BCUT2D eigenvalue weighted by Gasteiger charge is -2.34. The minimum atomic E-state index is 0.751. The quantitative estimate of drug-likeness (QED) is 0.715. The maximum absolute atomic E-state index is 5.71. The fourth-order valence-corrected chi connectivity index (χ4v) is 3.92. The molecule has 1 aliphatic rings. The summed E-state index contributed by atoms with van der Waals surface area (Å²) in [6.07, 6.45) is 3.75. The molecule has 1 aliphatic heterocycles. The standard InChI is InChI=1S/C22H32N2O2/c1-18-6-9-22(26-18)17-23(2)15-20-5-4-13-24(16-20)14-12-19-7-10-21(25-3)11-8-19/h6-11,20H,4-5,12-17H2,1-3H3. The molecule has 3 rings (SSSR count). The Balaban J connectivity index is 1.42. The summed E-state index contributed by atoms with van der Waals surface area (Å²) in [6, 6.07) is 12.6. The van der Waals surface area contributed by atoms with Gasteiger partial charge >= 0.3 is 0 Å². The number of benzene rings is 1. The SMILES string of the molecule is COc1ccc(CCN2CCCC(CN(C)Cc3ccc(C)o3)C2)cc1. The lowest BCUT2D eigenvalue weighted by molar-refractivity contribution is 0.139. The molecular weight excluding hydrogens is 324 g/mol. The van der Waals surface area contributed by atoms with Crippen molar-refractivity contribution in [3.63, 3.8) is 0 Å². The van der Waals surface area contributed by atoms with Gasteiger partial charge in [-0.1, -0.05) is 12.1 Å². The predicted molar refractivity (Wildman–Crippen MR) is 106 cm³/mol. The molecule has 1 unspecified atom stereocenters. The van der Waals surface area contributed by atoms with Crippen LogP contribution in [0.4, 0.5) is 0 Å². The van der Waals surface area contributed by atoms with Gasteiger partial charge in [0.05, 0.1) is 13.7 Å². The number of piperidine rings is 1. The second kappa shape index (κ2) is 9.24. The van der Waals surface area contributed by atoms with Crippen LogP contribution in [0.15, 0.2) is 40.8 Å². The van der Waals surface area contributed by atoms with Gasteiger partial charge in [-0.2, -0.15) is 0 Å². The Bertz CT molecular complexity index is 665. The molecule has 0 bridgehead atoms. The van der Waals surface area contributed by atoms with E-state index in [2.05, 4.69) is 47.2 Å². The Morgan fingerprint density at radius 1 is 1.19 bits per heavy atom. The molecule has 0 radical (unpaired) electrons. The van der Waals surface area contributed by atoms with Gasteiger partial charge in [0.15, 0.2) is 0 Å². The fourth-order valence-electron chi connectivity index (χ4n) is 3.92. The molecule has 2 heterocycles. The number of rotatable bonds is 8. The maximum atomic E-state index is 5.71. The zero-order valence-corrected chi connectivity index (χ0v) is 16.4. The molecule has 1 atom stereocenters. The number of nitrogens with zero attached hydrogens (tertiary/aromatic N) is 2. The Morgan fingerprint density at radius 2 is 2.00 bits per heavy atom. The van der Waals surface area contributed by atoms with E-state index in [-0.39, 0.29) is 0 Å². The lowest BCUT2D eigenvalue weighted by atomic mass is 9.97. The van der Waals surface area contributed by atoms with E-state index >= 15 is 0 Å². The summed E-state index contributed by atoms with van der Waals surface area (Å²) in [5.41, 5.74) is 1.39. The van der Waals surface area contributed by atoms with Gasteiger partial charge in [0, 0.05) is 19.6 Å². The molecule has 1 saturated heterocycles. The first-order valence-electron chi connectivity index (χ1n) is 9.71. The average Bonchev–Trinajstić information content (AvgIpc) is 3.05. The van der Waals surface area contributed by atoms with Crippen LogP contribution in [0.3, 0.4) is 0 Å². The van der Waals surface area contributed by atoms with E-state index in [1.54, 1.807) is 7.11 Å². The third-order valence-corrected chi connectivity index (χ3v) is 5.27. The highest BCUT2D eigenvalue weighted by molar-refractivity contribution is 5.27. The van der Waals surface area contributed by atoms with E-state index in [1.165, 1.54) is 31.5 Å².